The molecule has 0 saturated carbocycles. The molecule has 0 aliphatic carbocycles. The maximum absolute atomic E-state index is 13.3. The first-order valence-corrected chi connectivity index (χ1v) is 11.7. The summed E-state index contributed by atoms with van der Waals surface area (Å²) in [5.41, 5.74) is 6.54. The van der Waals surface area contributed by atoms with Gasteiger partial charge < -0.3 is 15.6 Å². The Bertz CT molecular complexity index is 1130. The van der Waals surface area contributed by atoms with E-state index < -0.39 is 0 Å². The smallest absolute Gasteiger partial charge is 0.276 e. The molecule has 0 aliphatic heterocycles. The number of nitrogens with one attached hydrogen (secondary N) is 3. The minimum atomic E-state index is -0.383. The normalized spacial score (nSPS) is 10.5. The third kappa shape index (κ3) is 6.97. The van der Waals surface area contributed by atoms with Crippen LogP contribution >= 0.6 is 0 Å². The number of unbranched alkanes of at least 4 members (excludes halogenated alkanes) is 3. The molecular formula is C27H31N5O3. The second kappa shape index (κ2) is 13.0. The zero-order valence-electron chi connectivity index (χ0n) is 19.8. The molecule has 1 heterocycles. The van der Waals surface area contributed by atoms with Crippen LogP contribution in [-0.4, -0.2) is 41.8 Å². The van der Waals surface area contributed by atoms with Crippen LogP contribution in [0.3, 0.4) is 0 Å². The van der Waals surface area contributed by atoms with E-state index in [9.17, 15) is 9.59 Å². The lowest BCUT2D eigenvalue weighted by atomic mass is 10.0. The monoisotopic (exact) mass is 473 g/mol. The molecule has 0 radical (unpaired) electrons. The molecule has 0 fully saturated rings. The van der Waals surface area contributed by atoms with E-state index in [1.54, 1.807) is 34.8 Å². The van der Waals surface area contributed by atoms with Crippen molar-refractivity contribution < 1.29 is 14.8 Å². The summed E-state index contributed by atoms with van der Waals surface area (Å²) in [6.07, 6.45) is 6.36. The van der Waals surface area contributed by atoms with Crippen molar-refractivity contribution in [1.82, 2.24) is 10.5 Å². The van der Waals surface area contributed by atoms with Crippen LogP contribution in [0.1, 0.15) is 48.2 Å². The molecule has 8 heteroatoms. The molecule has 4 N–H and O–H groups in total. The maximum Gasteiger partial charge on any atom is 0.276 e. The van der Waals surface area contributed by atoms with E-state index in [1.807, 2.05) is 49.5 Å². The van der Waals surface area contributed by atoms with Crippen LogP contribution in [0.4, 0.5) is 11.4 Å². The van der Waals surface area contributed by atoms with Gasteiger partial charge in [0, 0.05) is 49.4 Å². The molecule has 182 valence electrons. The number of hydroxylamine groups is 1. The molecule has 8 nitrogen and oxygen atoms in total. The Hall–Kier alpha value is -4.04. The van der Waals surface area contributed by atoms with Crippen molar-refractivity contribution in [3.05, 3.63) is 78.1 Å². The second-order valence-corrected chi connectivity index (χ2v) is 8.11. The molecule has 1 aromatic heterocycles. The molecule has 0 saturated heterocycles. The van der Waals surface area contributed by atoms with E-state index in [1.165, 1.54) is 6.21 Å². The van der Waals surface area contributed by atoms with E-state index in [0.29, 0.717) is 18.7 Å². The number of anilines is 2. The highest BCUT2D eigenvalue weighted by Gasteiger charge is 2.18. The van der Waals surface area contributed by atoms with Gasteiger partial charge in [-0.3, -0.25) is 19.8 Å². The zero-order valence-corrected chi connectivity index (χ0v) is 19.8. The second-order valence-electron chi connectivity index (χ2n) is 8.11. The molecule has 0 aliphatic rings. The van der Waals surface area contributed by atoms with Gasteiger partial charge in [0.15, 0.2) is 0 Å². The van der Waals surface area contributed by atoms with E-state index in [2.05, 4.69) is 10.3 Å². The largest absolute Gasteiger partial charge is 0.388 e. The molecular weight excluding hydrogens is 442 g/mol. The molecule has 2 aromatic carbocycles. The van der Waals surface area contributed by atoms with Gasteiger partial charge in [0.2, 0.25) is 5.91 Å². The van der Waals surface area contributed by atoms with E-state index >= 15 is 0 Å². The van der Waals surface area contributed by atoms with Crippen molar-refractivity contribution in [1.29, 1.82) is 5.41 Å². The Morgan fingerprint density at radius 3 is 2.40 bits per heavy atom. The van der Waals surface area contributed by atoms with Crippen LogP contribution in [0.2, 0.25) is 0 Å². The number of hydrogen-bond acceptors (Lipinski definition) is 6. The SMILES string of the molecule is CNc1cc(-c2ccc(N(CCCCCCC(=O)NO)C(=O)c3ccccn3)cc2)ccc1C=N. The van der Waals surface area contributed by atoms with Gasteiger partial charge in [0.05, 0.1) is 0 Å². The van der Waals surface area contributed by atoms with Crippen LogP contribution in [0.5, 0.6) is 0 Å². The third-order valence-electron chi connectivity index (χ3n) is 5.78. The van der Waals surface area contributed by atoms with Gasteiger partial charge in [0.25, 0.3) is 5.91 Å². The Labute approximate surface area is 205 Å². The van der Waals surface area contributed by atoms with Crippen molar-refractivity contribution in [2.45, 2.75) is 32.1 Å². The average molecular weight is 474 g/mol. The topological polar surface area (TPSA) is 118 Å². The van der Waals surface area contributed by atoms with Gasteiger partial charge in [-0.1, -0.05) is 43.2 Å². The summed E-state index contributed by atoms with van der Waals surface area (Å²) in [5.74, 6) is -0.544. The van der Waals surface area contributed by atoms with E-state index in [4.69, 9.17) is 10.6 Å². The number of carbonyl (C=O) groups excluding carboxylic acids is 2. The molecule has 0 atom stereocenters. The fourth-order valence-corrected chi connectivity index (χ4v) is 3.85. The highest BCUT2D eigenvalue weighted by Crippen LogP contribution is 2.28. The number of pyridine rings is 1. The summed E-state index contributed by atoms with van der Waals surface area (Å²) >= 11 is 0. The third-order valence-corrected chi connectivity index (χ3v) is 5.78. The molecule has 0 bridgehead atoms. The summed E-state index contributed by atoms with van der Waals surface area (Å²) < 4.78 is 0. The lowest BCUT2D eigenvalue weighted by Crippen LogP contribution is -2.32. The van der Waals surface area contributed by atoms with Crippen LogP contribution in [0.25, 0.3) is 11.1 Å². The Balaban J connectivity index is 1.75. The summed E-state index contributed by atoms with van der Waals surface area (Å²) in [4.78, 5) is 30.4. The maximum atomic E-state index is 13.3. The summed E-state index contributed by atoms with van der Waals surface area (Å²) in [7, 11) is 1.83. The highest BCUT2D eigenvalue weighted by atomic mass is 16.5. The first kappa shape index (κ1) is 25.6. The van der Waals surface area contributed by atoms with Gasteiger partial charge in [0.1, 0.15) is 5.69 Å². The minimum absolute atomic E-state index is 0.161. The number of aromatic nitrogens is 1. The van der Waals surface area contributed by atoms with Crippen molar-refractivity contribution >= 4 is 29.4 Å². The number of nitrogens with zero attached hydrogens (tertiary/aromatic N) is 2. The summed E-state index contributed by atoms with van der Waals surface area (Å²) in [5, 5.41) is 19.2. The Morgan fingerprint density at radius 2 is 1.74 bits per heavy atom. The average Bonchev–Trinajstić information content (AvgIpc) is 2.92. The molecule has 0 spiro atoms. The van der Waals surface area contributed by atoms with Crippen LogP contribution in [0, 0.1) is 5.41 Å². The van der Waals surface area contributed by atoms with Crippen LogP contribution in [-0.2, 0) is 4.79 Å². The lowest BCUT2D eigenvalue weighted by Gasteiger charge is -2.23. The molecule has 3 rings (SSSR count). The van der Waals surface area contributed by atoms with E-state index in [-0.39, 0.29) is 18.2 Å². The van der Waals surface area contributed by atoms with Crippen LogP contribution in [0.15, 0.2) is 66.9 Å². The van der Waals surface area contributed by atoms with E-state index in [0.717, 1.165) is 47.3 Å². The van der Waals surface area contributed by atoms with Crippen molar-refractivity contribution in [3.63, 3.8) is 0 Å². The quantitative estimate of drug-likeness (QED) is 0.129. The molecule has 35 heavy (non-hydrogen) atoms. The van der Waals surface area contributed by atoms with Crippen LogP contribution < -0.4 is 15.7 Å². The first-order valence-electron chi connectivity index (χ1n) is 11.7. The number of hydrogen-bond donors (Lipinski definition) is 4. The van der Waals surface area contributed by atoms with Gasteiger partial charge >= 0.3 is 0 Å². The fraction of sp³-hybridized carbons (Fsp3) is 0.259. The number of carbonyl (C=O) groups is 2. The number of amides is 2. The standard InChI is InChI=1S/C27H31N5O3/c1-29-25-18-21(10-11-22(25)19-28)20-12-14-23(15-13-20)32(27(34)24-8-5-6-16-30-24)17-7-3-2-4-9-26(33)31-35/h5-6,8,10-16,18-19,28-29,35H,2-4,7,9,17H2,1H3,(H,31,33). The summed E-state index contributed by atoms with van der Waals surface area (Å²) in [6, 6.07) is 19.0. The van der Waals surface area contributed by atoms with Gasteiger partial charge in [-0.2, -0.15) is 0 Å². The molecule has 2 amide bonds. The predicted molar refractivity (Wildman–Crippen MR) is 138 cm³/mol. The predicted octanol–water partition coefficient (Wildman–Crippen LogP) is 4.89. The fourth-order valence-electron chi connectivity index (χ4n) is 3.85. The first-order chi connectivity index (χ1) is 17.1. The Kier molecular flexibility index (Phi) is 9.50. The number of rotatable bonds is 12. The minimum Gasteiger partial charge on any atom is -0.388 e. The highest BCUT2D eigenvalue weighted by molar-refractivity contribution is 6.04. The summed E-state index contributed by atoms with van der Waals surface area (Å²) in [6.45, 7) is 0.527. The number of benzene rings is 2. The Morgan fingerprint density at radius 1 is 1.00 bits per heavy atom. The van der Waals surface area contributed by atoms with Gasteiger partial charge in [-0.15, -0.1) is 0 Å². The molecule has 3 aromatic rings. The lowest BCUT2D eigenvalue weighted by molar-refractivity contribution is -0.129. The van der Waals surface area contributed by atoms with Crippen molar-refractivity contribution in [2.75, 3.05) is 23.8 Å². The van der Waals surface area contributed by atoms with Gasteiger partial charge in [-0.05, 0) is 54.3 Å². The van der Waals surface area contributed by atoms with Crippen molar-refractivity contribution in [3.8, 4) is 11.1 Å². The van der Waals surface area contributed by atoms with Crippen molar-refractivity contribution in [2.24, 2.45) is 0 Å². The zero-order chi connectivity index (χ0) is 25.0. The molecule has 0 unspecified atom stereocenters. The van der Waals surface area contributed by atoms with Gasteiger partial charge in [-0.25, -0.2) is 5.48 Å².